The van der Waals surface area contributed by atoms with E-state index in [4.69, 9.17) is 0 Å². The molecule has 0 saturated carbocycles. The molecule has 2 heterocycles. The maximum absolute atomic E-state index is 13.7. The minimum absolute atomic E-state index is 0.0352. The predicted octanol–water partition coefficient (Wildman–Crippen LogP) is 5.83. The Morgan fingerprint density at radius 1 is 0.944 bits per heavy atom. The van der Waals surface area contributed by atoms with Crippen molar-refractivity contribution < 1.29 is 9.59 Å². The molecule has 1 unspecified atom stereocenters. The highest BCUT2D eigenvalue weighted by Crippen LogP contribution is 2.33. The molecule has 5 rings (SSSR count). The molecular weight excluding hydrogens is 448 g/mol. The predicted molar refractivity (Wildman–Crippen MR) is 144 cm³/mol. The molecule has 6 nitrogen and oxygen atoms in total. The van der Waals surface area contributed by atoms with E-state index in [9.17, 15) is 9.59 Å². The lowest BCUT2D eigenvalue weighted by Crippen LogP contribution is -2.48. The number of hydrogen-bond donors (Lipinski definition) is 1. The number of benzene rings is 3. The number of anilines is 1. The van der Waals surface area contributed by atoms with Gasteiger partial charge in [-0.3, -0.25) is 4.79 Å². The van der Waals surface area contributed by atoms with Crippen molar-refractivity contribution in [3.8, 4) is 0 Å². The first-order valence-electron chi connectivity index (χ1n) is 12.6. The Balaban J connectivity index is 1.38. The summed E-state index contributed by atoms with van der Waals surface area (Å²) in [7, 11) is 0. The number of nitrogens with one attached hydrogen (secondary N) is 1. The van der Waals surface area contributed by atoms with Crippen LogP contribution in [0, 0.1) is 6.92 Å². The molecule has 0 bridgehead atoms. The molecule has 3 aromatic carbocycles. The van der Waals surface area contributed by atoms with E-state index in [0.717, 1.165) is 40.7 Å². The lowest BCUT2D eigenvalue weighted by Gasteiger charge is -2.38. The van der Waals surface area contributed by atoms with Crippen LogP contribution < -0.4 is 5.32 Å². The van der Waals surface area contributed by atoms with Gasteiger partial charge in [0.05, 0.1) is 11.7 Å². The number of aryl methyl sites for hydroxylation is 1. The minimum atomic E-state index is -0.256. The highest BCUT2D eigenvalue weighted by molar-refractivity contribution is 6.02. The molecule has 1 aliphatic heterocycles. The monoisotopic (exact) mass is 480 g/mol. The normalized spacial score (nSPS) is 14.9. The van der Waals surface area contributed by atoms with Gasteiger partial charge in [0.15, 0.2) is 0 Å². The fourth-order valence-electron chi connectivity index (χ4n) is 5.06. The fourth-order valence-corrected chi connectivity index (χ4v) is 5.06. The molecule has 1 atom stereocenters. The molecule has 0 fully saturated rings. The van der Waals surface area contributed by atoms with Gasteiger partial charge in [0.2, 0.25) is 5.91 Å². The van der Waals surface area contributed by atoms with Crippen LogP contribution in [0.1, 0.15) is 36.2 Å². The van der Waals surface area contributed by atoms with E-state index in [0.29, 0.717) is 13.1 Å². The number of amides is 3. The van der Waals surface area contributed by atoms with Crippen molar-refractivity contribution in [3.63, 3.8) is 0 Å². The Morgan fingerprint density at radius 2 is 1.72 bits per heavy atom. The molecule has 3 amide bonds. The molecule has 0 saturated heterocycles. The van der Waals surface area contributed by atoms with Crippen molar-refractivity contribution in [3.05, 3.63) is 102 Å². The van der Waals surface area contributed by atoms with E-state index in [1.807, 2.05) is 60.4 Å². The van der Waals surface area contributed by atoms with Gasteiger partial charge in [0.25, 0.3) is 0 Å². The van der Waals surface area contributed by atoms with Gasteiger partial charge < -0.3 is 19.7 Å². The number of aromatic nitrogens is 1. The van der Waals surface area contributed by atoms with E-state index in [1.165, 1.54) is 5.56 Å². The Labute approximate surface area is 212 Å². The standard InChI is InChI=1S/C30H32N4O2/c1-3-17-33(30(36)31-26-11-6-9-23-8-4-5-10-25(23)26)21-28(35)34-20-19-32-18-7-12-27(32)29(34)24-15-13-22(2)14-16-24/h4-16,18,29H,3,17,19-21H2,1-2H3,(H,31,36). The minimum Gasteiger partial charge on any atom is -0.348 e. The van der Waals surface area contributed by atoms with Crippen LogP contribution >= 0.6 is 0 Å². The van der Waals surface area contributed by atoms with Crippen molar-refractivity contribution in [1.82, 2.24) is 14.4 Å². The molecule has 1 N–H and O–H groups in total. The first-order chi connectivity index (χ1) is 17.5. The first kappa shape index (κ1) is 23.7. The van der Waals surface area contributed by atoms with Crippen LogP contribution in [0.25, 0.3) is 10.8 Å². The van der Waals surface area contributed by atoms with Crippen LogP contribution in [-0.4, -0.2) is 45.9 Å². The zero-order valence-corrected chi connectivity index (χ0v) is 20.9. The SMILES string of the molecule is CCCN(CC(=O)N1CCn2cccc2C1c1ccc(C)cc1)C(=O)Nc1cccc2ccccc12. The number of carbonyl (C=O) groups is 2. The second-order valence-corrected chi connectivity index (χ2v) is 9.41. The number of fused-ring (bicyclic) bond motifs is 2. The summed E-state index contributed by atoms with van der Waals surface area (Å²) in [5.74, 6) is -0.0467. The van der Waals surface area contributed by atoms with Gasteiger partial charge in [-0.2, -0.15) is 0 Å². The molecule has 4 aromatic rings. The van der Waals surface area contributed by atoms with Gasteiger partial charge >= 0.3 is 6.03 Å². The van der Waals surface area contributed by atoms with Crippen LogP contribution in [0.4, 0.5) is 10.5 Å². The average Bonchev–Trinajstić information content (AvgIpc) is 3.37. The van der Waals surface area contributed by atoms with E-state index < -0.39 is 0 Å². The van der Waals surface area contributed by atoms with Crippen molar-refractivity contribution in [2.24, 2.45) is 0 Å². The molecule has 0 aliphatic carbocycles. The molecule has 0 radical (unpaired) electrons. The summed E-state index contributed by atoms with van der Waals surface area (Å²) in [4.78, 5) is 30.6. The van der Waals surface area contributed by atoms with Crippen molar-refractivity contribution in [1.29, 1.82) is 0 Å². The largest absolute Gasteiger partial charge is 0.348 e. The maximum atomic E-state index is 13.7. The van der Waals surface area contributed by atoms with Gasteiger partial charge in [-0.1, -0.05) is 73.2 Å². The molecule has 36 heavy (non-hydrogen) atoms. The third kappa shape index (κ3) is 4.71. The zero-order valence-electron chi connectivity index (χ0n) is 20.9. The van der Waals surface area contributed by atoms with Crippen LogP contribution in [0.3, 0.4) is 0 Å². The zero-order chi connectivity index (χ0) is 25.1. The number of urea groups is 1. The van der Waals surface area contributed by atoms with E-state index in [2.05, 4.69) is 53.3 Å². The van der Waals surface area contributed by atoms with Gasteiger partial charge in [-0.15, -0.1) is 0 Å². The third-order valence-electron chi connectivity index (χ3n) is 6.89. The summed E-state index contributed by atoms with van der Waals surface area (Å²) in [5.41, 5.74) is 4.11. The van der Waals surface area contributed by atoms with Gasteiger partial charge in [-0.05, 0) is 42.5 Å². The highest BCUT2D eigenvalue weighted by Gasteiger charge is 2.33. The van der Waals surface area contributed by atoms with Crippen molar-refractivity contribution >= 4 is 28.4 Å². The third-order valence-corrected chi connectivity index (χ3v) is 6.89. The van der Waals surface area contributed by atoms with Crippen LogP contribution in [-0.2, 0) is 11.3 Å². The summed E-state index contributed by atoms with van der Waals surface area (Å²) in [6, 6.07) is 25.9. The van der Waals surface area contributed by atoms with E-state index >= 15 is 0 Å². The number of rotatable bonds is 6. The van der Waals surface area contributed by atoms with Gasteiger partial charge in [0.1, 0.15) is 6.54 Å². The number of hydrogen-bond acceptors (Lipinski definition) is 2. The second kappa shape index (κ2) is 10.3. The Hall–Kier alpha value is -4.06. The Bertz CT molecular complexity index is 1370. The Morgan fingerprint density at radius 3 is 2.53 bits per heavy atom. The summed E-state index contributed by atoms with van der Waals surface area (Å²) >= 11 is 0. The van der Waals surface area contributed by atoms with Gasteiger partial charge in [0, 0.05) is 36.9 Å². The molecule has 1 aliphatic rings. The molecule has 0 spiro atoms. The summed E-state index contributed by atoms with van der Waals surface area (Å²) in [5, 5.41) is 5.09. The smallest absolute Gasteiger partial charge is 0.322 e. The summed E-state index contributed by atoms with van der Waals surface area (Å²) in [6.45, 7) is 5.96. The number of nitrogens with zero attached hydrogens (tertiary/aromatic N) is 3. The molecule has 1 aromatic heterocycles. The van der Waals surface area contributed by atoms with E-state index in [-0.39, 0.29) is 24.5 Å². The highest BCUT2D eigenvalue weighted by atomic mass is 16.2. The van der Waals surface area contributed by atoms with Crippen molar-refractivity contribution in [2.75, 3.05) is 25.0 Å². The lowest BCUT2D eigenvalue weighted by molar-refractivity contribution is -0.134. The molecule has 184 valence electrons. The number of carbonyl (C=O) groups excluding carboxylic acids is 2. The lowest BCUT2D eigenvalue weighted by atomic mass is 9.98. The quantitative estimate of drug-likeness (QED) is 0.378. The van der Waals surface area contributed by atoms with Crippen LogP contribution in [0.5, 0.6) is 0 Å². The van der Waals surface area contributed by atoms with Crippen LogP contribution in [0.15, 0.2) is 85.1 Å². The molecular formula is C30H32N4O2. The second-order valence-electron chi connectivity index (χ2n) is 9.41. The first-order valence-corrected chi connectivity index (χ1v) is 12.6. The summed E-state index contributed by atoms with van der Waals surface area (Å²) < 4.78 is 2.21. The fraction of sp³-hybridized carbons (Fsp3) is 0.267. The van der Waals surface area contributed by atoms with E-state index in [1.54, 1.807) is 4.90 Å². The Kier molecular flexibility index (Phi) is 6.76. The van der Waals surface area contributed by atoms with Crippen LogP contribution in [0.2, 0.25) is 0 Å². The molecule has 6 heteroatoms. The maximum Gasteiger partial charge on any atom is 0.322 e. The topological polar surface area (TPSA) is 57.6 Å². The van der Waals surface area contributed by atoms with Gasteiger partial charge in [-0.25, -0.2) is 4.79 Å². The average molecular weight is 481 g/mol. The summed E-state index contributed by atoms with van der Waals surface area (Å²) in [6.07, 6.45) is 2.83. The van der Waals surface area contributed by atoms with Crippen molar-refractivity contribution in [2.45, 2.75) is 32.9 Å².